The summed E-state index contributed by atoms with van der Waals surface area (Å²) < 4.78 is 93.6. The Morgan fingerprint density at radius 3 is 2.46 bits per heavy atom. The van der Waals surface area contributed by atoms with Crippen LogP contribution in [0.25, 0.3) is 0 Å². The highest BCUT2D eigenvalue weighted by atomic mass is 19.4. The Morgan fingerprint density at radius 1 is 1.26 bits per heavy atom. The van der Waals surface area contributed by atoms with Crippen LogP contribution in [0.2, 0.25) is 0 Å². The molecule has 0 bridgehead atoms. The maximum absolute atomic E-state index is 14.1. The first-order chi connectivity index (χ1) is 16.2. The maximum atomic E-state index is 14.1. The zero-order chi connectivity index (χ0) is 26.3. The molecular weight excluding hydrogens is 484 g/mol. The Balaban J connectivity index is 2.12. The van der Waals surface area contributed by atoms with E-state index in [4.69, 9.17) is 15.2 Å². The summed E-state index contributed by atoms with van der Waals surface area (Å²) in [4.78, 5) is 28.2. The number of rotatable bonds is 6. The molecule has 3 N–H and O–H groups in total. The standard InChI is InChI=1S/C22H21F6N3O4/c1-9-14(11-4-5-12(23)15(18(24)25)16(11)34-3)17(35-21(9,2)22(26,27)28)20(33)31-10-6-7-30-13(8-10)19(29)32/h4-9,14,17-18H,1-3H3,(H2,29,32)(H,30,31,33). The first kappa shape index (κ1) is 26.3. The number of halogens is 6. The van der Waals surface area contributed by atoms with Gasteiger partial charge in [-0.3, -0.25) is 14.6 Å². The van der Waals surface area contributed by atoms with Crippen LogP contribution in [0.3, 0.4) is 0 Å². The third kappa shape index (κ3) is 4.64. The molecule has 35 heavy (non-hydrogen) atoms. The van der Waals surface area contributed by atoms with Crippen molar-refractivity contribution < 1.29 is 45.4 Å². The molecule has 13 heteroatoms. The highest BCUT2D eigenvalue weighted by Crippen LogP contribution is 2.55. The van der Waals surface area contributed by atoms with Crippen molar-refractivity contribution in [3.8, 4) is 5.75 Å². The van der Waals surface area contributed by atoms with E-state index in [1.54, 1.807) is 0 Å². The van der Waals surface area contributed by atoms with Crippen LogP contribution in [-0.2, 0) is 9.53 Å². The number of nitrogens with two attached hydrogens (primary N) is 1. The molecule has 3 rings (SSSR count). The summed E-state index contributed by atoms with van der Waals surface area (Å²) in [5, 5.41) is 2.33. The summed E-state index contributed by atoms with van der Waals surface area (Å²) in [6.07, 6.45) is -9.00. The minimum atomic E-state index is -4.95. The van der Waals surface area contributed by atoms with E-state index < -0.39 is 65.1 Å². The number of hydrogen-bond donors (Lipinski definition) is 2. The highest BCUT2D eigenvalue weighted by molar-refractivity contribution is 5.97. The maximum Gasteiger partial charge on any atom is 0.417 e. The number of pyridine rings is 1. The highest BCUT2D eigenvalue weighted by Gasteiger charge is 2.66. The largest absolute Gasteiger partial charge is 0.496 e. The quantitative estimate of drug-likeness (QED) is 0.569. The first-order valence-corrected chi connectivity index (χ1v) is 10.2. The minimum absolute atomic E-state index is 0.0197. The zero-order valence-electron chi connectivity index (χ0n) is 18.6. The molecule has 190 valence electrons. The van der Waals surface area contributed by atoms with Gasteiger partial charge in [0.2, 0.25) is 0 Å². The van der Waals surface area contributed by atoms with E-state index in [0.717, 1.165) is 39.3 Å². The Labute approximate surface area is 195 Å². The molecule has 7 nitrogen and oxygen atoms in total. The number of benzene rings is 1. The van der Waals surface area contributed by atoms with Crippen molar-refractivity contribution in [2.45, 2.75) is 44.1 Å². The summed E-state index contributed by atoms with van der Waals surface area (Å²) in [6, 6.07) is 4.02. The summed E-state index contributed by atoms with van der Waals surface area (Å²) >= 11 is 0. The van der Waals surface area contributed by atoms with Crippen molar-refractivity contribution in [2.24, 2.45) is 11.7 Å². The Kier molecular flexibility index (Phi) is 7.02. The number of carbonyl (C=O) groups is 2. The number of methoxy groups -OCH3 is 1. The van der Waals surface area contributed by atoms with Crippen LogP contribution in [0.1, 0.15) is 47.8 Å². The third-order valence-corrected chi connectivity index (χ3v) is 6.16. The van der Waals surface area contributed by atoms with Gasteiger partial charge in [0.15, 0.2) is 5.60 Å². The number of primary amides is 1. The molecule has 1 aromatic heterocycles. The van der Waals surface area contributed by atoms with Crippen LogP contribution in [0.15, 0.2) is 30.5 Å². The lowest BCUT2D eigenvalue weighted by Crippen LogP contribution is -2.47. The fourth-order valence-electron chi connectivity index (χ4n) is 4.17. The molecule has 0 aliphatic carbocycles. The van der Waals surface area contributed by atoms with Crippen LogP contribution >= 0.6 is 0 Å². The van der Waals surface area contributed by atoms with E-state index in [-0.39, 0.29) is 16.9 Å². The normalized spacial score (nSPS) is 24.5. The van der Waals surface area contributed by atoms with E-state index in [1.165, 1.54) is 6.07 Å². The monoisotopic (exact) mass is 505 g/mol. The van der Waals surface area contributed by atoms with E-state index in [1.807, 2.05) is 0 Å². The molecule has 1 fully saturated rings. The number of nitrogens with one attached hydrogen (secondary N) is 1. The fourth-order valence-corrected chi connectivity index (χ4v) is 4.17. The molecule has 2 amide bonds. The van der Waals surface area contributed by atoms with Crippen molar-refractivity contribution in [3.05, 3.63) is 53.1 Å². The molecule has 2 heterocycles. The molecule has 1 saturated heterocycles. The molecule has 1 aliphatic heterocycles. The summed E-state index contributed by atoms with van der Waals surface area (Å²) in [7, 11) is 0.963. The molecule has 1 aromatic carbocycles. The van der Waals surface area contributed by atoms with E-state index in [9.17, 15) is 35.9 Å². The molecule has 2 aromatic rings. The van der Waals surface area contributed by atoms with Gasteiger partial charge in [0.1, 0.15) is 23.4 Å². The van der Waals surface area contributed by atoms with Gasteiger partial charge in [0, 0.05) is 29.3 Å². The average Bonchev–Trinajstić information content (AvgIpc) is 3.05. The minimum Gasteiger partial charge on any atom is -0.496 e. The van der Waals surface area contributed by atoms with Crippen molar-refractivity contribution in [1.29, 1.82) is 0 Å². The van der Waals surface area contributed by atoms with Gasteiger partial charge in [0.25, 0.3) is 18.2 Å². The van der Waals surface area contributed by atoms with E-state index in [2.05, 4.69) is 10.3 Å². The third-order valence-electron chi connectivity index (χ3n) is 6.16. The van der Waals surface area contributed by atoms with Crippen LogP contribution < -0.4 is 15.8 Å². The lowest BCUT2D eigenvalue weighted by Gasteiger charge is -2.32. The van der Waals surface area contributed by atoms with E-state index >= 15 is 0 Å². The number of nitrogens with zero attached hydrogens (tertiary/aromatic N) is 1. The second-order valence-electron chi connectivity index (χ2n) is 8.13. The van der Waals surface area contributed by atoms with Crippen LogP contribution in [0.5, 0.6) is 5.75 Å². The predicted octanol–water partition coefficient (Wildman–Crippen LogP) is 4.34. The van der Waals surface area contributed by atoms with Crippen LogP contribution in [-0.4, -0.2) is 41.8 Å². The molecule has 1 aliphatic rings. The predicted molar refractivity (Wildman–Crippen MR) is 111 cm³/mol. The Hall–Kier alpha value is -3.35. The molecule has 0 spiro atoms. The number of ether oxygens (including phenoxy) is 2. The van der Waals surface area contributed by atoms with Crippen molar-refractivity contribution >= 4 is 17.5 Å². The summed E-state index contributed by atoms with van der Waals surface area (Å²) in [5.41, 5.74) is 0.654. The zero-order valence-corrected chi connectivity index (χ0v) is 18.6. The summed E-state index contributed by atoms with van der Waals surface area (Å²) in [6.45, 7) is 1.88. The van der Waals surface area contributed by atoms with Crippen LogP contribution in [0.4, 0.5) is 32.0 Å². The van der Waals surface area contributed by atoms with E-state index in [0.29, 0.717) is 6.07 Å². The molecular formula is C22H21F6N3O4. The SMILES string of the molecule is COc1c(C2C(C(=O)Nc3ccnc(C(N)=O)c3)OC(C)(C(F)(F)F)C2C)ccc(F)c1C(F)F. The fraction of sp³-hybridized carbons (Fsp3) is 0.409. The number of anilines is 1. The Bertz CT molecular complexity index is 1140. The van der Waals surface area contributed by atoms with Crippen molar-refractivity contribution in [3.63, 3.8) is 0 Å². The number of aromatic nitrogens is 1. The molecule has 4 unspecified atom stereocenters. The second-order valence-corrected chi connectivity index (χ2v) is 8.13. The van der Waals surface area contributed by atoms with Gasteiger partial charge in [-0.1, -0.05) is 13.0 Å². The summed E-state index contributed by atoms with van der Waals surface area (Å²) in [5.74, 6) is -6.92. The van der Waals surface area contributed by atoms with Crippen molar-refractivity contribution in [1.82, 2.24) is 4.98 Å². The second kappa shape index (κ2) is 9.36. The lowest BCUT2D eigenvalue weighted by molar-refractivity contribution is -0.272. The van der Waals surface area contributed by atoms with Gasteiger partial charge in [-0.05, 0) is 25.1 Å². The van der Waals surface area contributed by atoms with Gasteiger partial charge in [-0.2, -0.15) is 13.2 Å². The van der Waals surface area contributed by atoms with Crippen LogP contribution in [0, 0.1) is 11.7 Å². The number of amides is 2. The Morgan fingerprint density at radius 2 is 1.91 bits per heavy atom. The molecule has 0 radical (unpaired) electrons. The first-order valence-electron chi connectivity index (χ1n) is 10.2. The smallest absolute Gasteiger partial charge is 0.417 e. The van der Waals surface area contributed by atoms with Gasteiger partial charge in [-0.15, -0.1) is 0 Å². The number of carbonyl (C=O) groups excluding carboxylic acids is 2. The van der Waals surface area contributed by atoms with Gasteiger partial charge in [0.05, 0.1) is 12.7 Å². The number of hydrogen-bond acceptors (Lipinski definition) is 5. The topological polar surface area (TPSA) is 104 Å². The molecule has 4 atom stereocenters. The lowest BCUT2D eigenvalue weighted by atomic mass is 9.76. The number of alkyl halides is 5. The van der Waals surface area contributed by atoms with Gasteiger partial charge >= 0.3 is 6.18 Å². The van der Waals surface area contributed by atoms with Crippen molar-refractivity contribution in [2.75, 3.05) is 12.4 Å². The molecule has 0 saturated carbocycles. The van der Waals surface area contributed by atoms with Gasteiger partial charge in [-0.25, -0.2) is 13.2 Å². The average molecular weight is 505 g/mol. The van der Waals surface area contributed by atoms with Gasteiger partial charge < -0.3 is 20.5 Å².